The van der Waals surface area contributed by atoms with Crippen LogP contribution in [-0.2, 0) is 6.54 Å². The molecule has 0 radical (unpaired) electrons. The van der Waals surface area contributed by atoms with Gasteiger partial charge >= 0.3 is 0 Å². The van der Waals surface area contributed by atoms with Crippen molar-refractivity contribution < 1.29 is 9.47 Å². The first-order valence-corrected chi connectivity index (χ1v) is 7.90. The molecule has 23 heavy (non-hydrogen) atoms. The fourth-order valence-corrected chi connectivity index (χ4v) is 2.46. The van der Waals surface area contributed by atoms with Crippen LogP contribution >= 0.6 is 35.4 Å². The van der Waals surface area contributed by atoms with E-state index in [4.69, 9.17) is 44.9 Å². The molecule has 4 nitrogen and oxygen atoms in total. The third-order valence-electron chi connectivity index (χ3n) is 3.09. The molecule has 0 atom stereocenters. The minimum absolute atomic E-state index is 0.458. The fraction of sp³-hybridized carbons (Fsp3) is 0.188. The van der Waals surface area contributed by atoms with Gasteiger partial charge in [0.1, 0.15) is 11.5 Å². The lowest BCUT2D eigenvalue weighted by atomic mass is 10.2. The highest BCUT2D eigenvalue weighted by Gasteiger charge is 2.11. The molecule has 0 amide bonds. The van der Waals surface area contributed by atoms with E-state index in [-0.39, 0.29) is 0 Å². The maximum atomic E-state index is 6.13. The number of hydrogen-bond donors (Lipinski definition) is 2. The summed E-state index contributed by atoms with van der Waals surface area (Å²) >= 11 is 17.3. The second kappa shape index (κ2) is 8.24. The molecule has 2 aromatic rings. The van der Waals surface area contributed by atoms with Crippen LogP contribution in [0.1, 0.15) is 5.56 Å². The zero-order valence-electron chi connectivity index (χ0n) is 12.7. The first-order valence-electron chi connectivity index (χ1n) is 6.74. The standard InChI is InChI=1S/C16H16Cl2N2O2S/c1-21-14-8-15(22-2)13(7-12(14)18)20-16(23)19-9-10-3-5-11(17)6-4-10/h3-8H,9H2,1-2H3,(H2,19,20,23). The molecule has 0 unspecified atom stereocenters. The van der Waals surface area contributed by atoms with E-state index < -0.39 is 0 Å². The van der Waals surface area contributed by atoms with Crippen molar-refractivity contribution in [3.8, 4) is 11.5 Å². The van der Waals surface area contributed by atoms with Gasteiger partial charge in [-0.3, -0.25) is 0 Å². The largest absolute Gasteiger partial charge is 0.495 e. The summed E-state index contributed by atoms with van der Waals surface area (Å²) in [6.45, 7) is 0.579. The predicted molar refractivity (Wildman–Crippen MR) is 99.1 cm³/mol. The van der Waals surface area contributed by atoms with Gasteiger partial charge in [0.25, 0.3) is 0 Å². The van der Waals surface area contributed by atoms with Gasteiger partial charge in [0.05, 0.1) is 24.9 Å². The number of thiocarbonyl (C=S) groups is 1. The summed E-state index contributed by atoms with van der Waals surface area (Å²) in [6, 6.07) is 10.9. The highest BCUT2D eigenvalue weighted by molar-refractivity contribution is 7.80. The van der Waals surface area contributed by atoms with E-state index in [0.29, 0.717) is 38.9 Å². The van der Waals surface area contributed by atoms with Gasteiger partial charge in [-0.15, -0.1) is 0 Å². The molecule has 7 heteroatoms. The van der Waals surface area contributed by atoms with E-state index in [1.54, 1.807) is 26.4 Å². The van der Waals surface area contributed by atoms with Crippen LogP contribution in [-0.4, -0.2) is 19.3 Å². The second-order valence-corrected chi connectivity index (χ2v) is 5.87. The minimum atomic E-state index is 0.458. The van der Waals surface area contributed by atoms with Gasteiger partial charge in [-0.2, -0.15) is 0 Å². The lowest BCUT2D eigenvalue weighted by Crippen LogP contribution is -2.28. The van der Waals surface area contributed by atoms with Crippen LogP contribution in [0.4, 0.5) is 5.69 Å². The van der Waals surface area contributed by atoms with E-state index in [9.17, 15) is 0 Å². The van der Waals surface area contributed by atoms with E-state index in [1.807, 2.05) is 24.3 Å². The Balaban J connectivity index is 2.02. The summed E-state index contributed by atoms with van der Waals surface area (Å²) < 4.78 is 10.5. The molecule has 0 aliphatic rings. The summed E-state index contributed by atoms with van der Waals surface area (Å²) in [5, 5.41) is 7.81. The summed E-state index contributed by atoms with van der Waals surface area (Å²) in [4.78, 5) is 0. The molecule has 0 aromatic heterocycles. The quantitative estimate of drug-likeness (QED) is 0.758. The van der Waals surface area contributed by atoms with Gasteiger partial charge in [0, 0.05) is 17.6 Å². The zero-order chi connectivity index (χ0) is 16.8. The van der Waals surface area contributed by atoms with Crippen molar-refractivity contribution in [2.24, 2.45) is 0 Å². The van der Waals surface area contributed by atoms with Crippen molar-refractivity contribution in [1.29, 1.82) is 0 Å². The van der Waals surface area contributed by atoms with E-state index in [2.05, 4.69) is 10.6 Å². The topological polar surface area (TPSA) is 42.5 Å². The van der Waals surface area contributed by atoms with E-state index >= 15 is 0 Å². The highest BCUT2D eigenvalue weighted by Crippen LogP contribution is 2.35. The van der Waals surface area contributed by atoms with Crippen molar-refractivity contribution in [3.05, 3.63) is 52.0 Å². The lowest BCUT2D eigenvalue weighted by molar-refractivity contribution is 0.396. The minimum Gasteiger partial charge on any atom is -0.495 e. The molecule has 0 saturated heterocycles. The van der Waals surface area contributed by atoms with Crippen molar-refractivity contribution in [2.75, 3.05) is 19.5 Å². The van der Waals surface area contributed by atoms with E-state index in [1.165, 1.54) is 0 Å². The molecule has 0 aliphatic heterocycles. The molecular formula is C16H16Cl2N2O2S. The Morgan fingerprint density at radius 1 is 1.04 bits per heavy atom. The number of nitrogens with one attached hydrogen (secondary N) is 2. The van der Waals surface area contributed by atoms with Gasteiger partial charge in [-0.1, -0.05) is 35.3 Å². The zero-order valence-corrected chi connectivity index (χ0v) is 15.0. The summed E-state index contributed by atoms with van der Waals surface area (Å²) in [7, 11) is 3.12. The number of ether oxygens (including phenoxy) is 2. The third kappa shape index (κ3) is 4.89. The Morgan fingerprint density at radius 3 is 2.30 bits per heavy atom. The number of rotatable bonds is 5. The maximum absolute atomic E-state index is 6.13. The third-order valence-corrected chi connectivity index (χ3v) is 3.88. The Kier molecular flexibility index (Phi) is 6.33. The smallest absolute Gasteiger partial charge is 0.171 e. The van der Waals surface area contributed by atoms with E-state index in [0.717, 1.165) is 5.56 Å². The average molecular weight is 371 g/mol. The van der Waals surface area contributed by atoms with Gasteiger partial charge in [0.2, 0.25) is 0 Å². The molecule has 0 fully saturated rings. The summed E-state index contributed by atoms with van der Waals surface area (Å²) in [6.07, 6.45) is 0. The molecule has 0 spiro atoms. The number of methoxy groups -OCH3 is 2. The second-order valence-electron chi connectivity index (χ2n) is 4.62. The van der Waals surface area contributed by atoms with Crippen LogP contribution in [0.15, 0.2) is 36.4 Å². The van der Waals surface area contributed by atoms with Crippen LogP contribution in [0.5, 0.6) is 11.5 Å². The van der Waals surface area contributed by atoms with Gasteiger partial charge < -0.3 is 20.1 Å². The molecule has 0 saturated carbocycles. The Morgan fingerprint density at radius 2 is 1.70 bits per heavy atom. The molecule has 2 rings (SSSR count). The molecule has 0 heterocycles. The Hall–Kier alpha value is -1.69. The van der Waals surface area contributed by atoms with Gasteiger partial charge in [-0.25, -0.2) is 0 Å². The number of anilines is 1. The molecule has 122 valence electrons. The molecule has 0 bridgehead atoms. The van der Waals surface area contributed by atoms with Crippen LogP contribution in [0, 0.1) is 0 Å². The Labute approximate surface area is 150 Å². The molecule has 0 aliphatic carbocycles. The SMILES string of the molecule is COc1cc(OC)c(NC(=S)NCc2ccc(Cl)cc2)cc1Cl. The van der Waals surface area contributed by atoms with Crippen molar-refractivity contribution in [2.45, 2.75) is 6.54 Å². The normalized spacial score (nSPS) is 10.1. The number of hydrogen-bond acceptors (Lipinski definition) is 3. The summed E-state index contributed by atoms with van der Waals surface area (Å²) in [5.41, 5.74) is 1.73. The molecule has 2 N–H and O–H groups in total. The maximum Gasteiger partial charge on any atom is 0.171 e. The summed E-state index contributed by atoms with van der Waals surface area (Å²) in [5.74, 6) is 1.12. The molecule has 2 aromatic carbocycles. The van der Waals surface area contributed by atoms with Crippen molar-refractivity contribution in [1.82, 2.24) is 5.32 Å². The van der Waals surface area contributed by atoms with Gasteiger partial charge in [0.15, 0.2) is 5.11 Å². The number of halogens is 2. The Bertz CT molecular complexity index is 693. The monoisotopic (exact) mass is 370 g/mol. The first-order chi connectivity index (χ1) is 11.0. The fourth-order valence-electron chi connectivity index (χ4n) is 1.91. The predicted octanol–water partition coefficient (Wildman–Crippen LogP) is 4.50. The number of benzene rings is 2. The van der Waals surface area contributed by atoms with Crippen LogP contribution in [0.25, 0.3) is 0 Å². The van der Waals surface area contributed by atoms with Crippen molar-refractivity contribution >= 4 is 46.2 Å². The lowest BCUT2D eigenvalue weighted by Gasteiger charge is -2.15. The first kappa shape index (κ1) is 17.7. The average Bonchev–Trinajstić information content (AvgIpc) is 2.54. The van der Waals surface area contributed by atoms with Crippen molar-refractivity contribution in [3.63, 3.8) is 0 Å². The van der Waals surface area contributed by atoms with Crippen LogP contribution in [0.3, 0.4) is 0 Å². The van der Waals surface area contributed by atoms with Gasteiger partial charge in [-0.05, 0) is 36.0 Å². The van der Waals surface area contributed by atoms with Crippen LogP contribution < -0.4 is 20.1 Å². The van der Waals surface area contributed by atoms with Crippen LogP contribution in [0.2, 0.25) is 10.0 Å². The molecular weight excluding hydrogens is 355 g/mol. The highest BCUT2D eigenvalue weighted by atomic mass is 35.5.